The second-order valence-electron chi connectivity index (χ2n) is 6.14. The SMILES string of the molecule is COc1cccc(/C=C2/SC(=S)N(CCC(=O)Nc3cccc(OC)c3)C2=O)c1. The third kappa shape index (κ3) is 5.36. The largest absolute Gasteiger partial charge is 0.497 e. The summed E-state index contributed by atoms with van der Waals surface area (Å²) >= 11 is 6.56. The average molecular weight is 429 g/mol. The highest BCUT2D eigenvalue weighted by Crippen LogP contribution is 2.33. The molecule has 2 aromatic carbocycles. The maximum absolute atomic E-state index is 12.7. The number of hydrogen-bond donors (Lipinski definition) is 1. The van der Waals surface area contributed by atoms with Gasteiger partial charge in [-0.2, -0.15) is 0 Å². The van der Waals surface area contributed by atoms with Gasteiger partial charge in [0.05, 0.1) is 19.1 Å². The van der Waals surface area contributed by atoms with Gasteiger partial charge in [-0.3, -0.25) is 14.5 Å². The smallest absolute Gasteiger partial charge is 0.266 e. The van der Waals surface area contributed by atoms with Crippen molar-refractivity contribution in [3.8, 4) is 11.5 Å². The molecule has 29 heavy (non-hydrogen) atoms. The van der Waals surface area contributed by atoms with Crippen molar-refractivity contribution in [3.63, 3.8) is 0 Å². The first-order chi connectivity index (χ1) is 14.0. The second-order valence-corrected chi connectivity index (χ2v) is 7.82. The molecule has 8 heteroatoms. The normalized spacial score (nSPS) is 15.0. The third-order valence-electron chi connectivity index (χ3n) is 4.18. The minimum absolute atomic E-state index is 0.135. The number of rotatable bonds is 7. The van der Waals surface area contributed by atoms with E-state index in [1.54, 1.807) is 44.6 Å². The maximum atomic E-state index is 12.7. The van der Waals surface area contributed by atoms with Crippen molar-refractivity contribution >= 4 is 51.9 Å². The number of carbonyl (C=O) groups excluding carboxylic acids is 2. The number of nitrogens with zero attached hydrogens (tertiary/aromatic N) is 1. The van der Waals surface area contributed by atoms with Gasteiger partial charge < -0.3 is 14.8 Å². The summed E-state index contributed by atoms with van der Waals surface area (Å²) < 4.78 is 10.8. The molecule has 1 saturated heterocycles. The third-order valence-corrected chi connectivity index (χ3v) is 5.56. The zero-order chi connectivity index (χ0) is 20.8. The Morgan fingerprint density at radius 2 is 1.83 bits per heavy atom. The molecule has 1 fully saturated rings. The van der Waals surface area contributed by atoms with E-state index in [0.29, 0.717) is 26.4 Å². The van der Waals surface area contributed by atoms with Crippen molar-refractivity contribution in [3.05, 3.63) is 59.0 Å². The predicted molar refractivity (Wildman–Crippen MR) is 119 cm³/mol. The van der Waals surface area contributed by atoms with Crippen LogP contribution in [-0.2, 0) is 9.59 Å². The summed E-state index contributed by atoms with van der Waals surface area (Å²) in [6.07, 6.45) is 1.91. The van der Waals surface area contributed by atoms with E-state index in [9.17, 15) is 9.59 Å². The minimum atomic E-state index is -0.205. The van der Waals surface area contributed by atoms with Crippen LogP contribution in [0.25, 0.3) is 6.08 Å². The van der Waals surface area contributed by atoms with Crippen LogP contribution in [0.5, 0.6) is 11.5 Å². The molecule has 1 N–H and O–H groups in total. The van der Waals surface area contributed by atoms with Gasteiger partial charge in [0, 0.05) is 24.7 Å². The van der Waals surface area contributed by atoms with Gasteiger partial charge >= 0.3 is 0 Å². The summed E-state index contributed by atoms with van der Waals surface area (Å²) in [7, 11) is 3.16. The molecule has 0 unspecified atom stereocenters. The molecule has 3 rings (SSSR count). The van der Waals surface area contributed by atoms with E-state index < -0.39 is 0 Å². The van der Waals surface area contributed by atoms with Crippen LogP contribution in [0.2, 0.25) is 0 Å². The minimum Gasteiger partial charge on any atom is -0.497 e. The maximum Gasteiger partial charge on any atom is 0.266 e. The molecule has 0 saturated carbocycles. The van der Waals surface area contributed by atoms with E-state index in [1.807, 2.05) is 24.3 Å². The first-order valence-corrected chi connectivity index (χ1v) is 10.1. The van der Waals surface area contributed by atoms with Crippen molar-refractivity contribution in [2.45, 2.75) is 6.42 Å². The number of anilines is 1. The zero-order valence-corrected chi connectivity index (χ0v) is 17.6. The van der Waals surface area contributed by atoms with E-state index in [1.165, 1.54) is 16.7 Å². The average Bonchev–Trinajstić information content (AvgIpc) is 2.99. The standard InChI is InChI=1S/C21H20N2O4S2/c1-26-16-7-3-5-14(11-16)12-18-20(25)23(21(28)29-18)10-9-19(24)22-15-6-4-8-17(13-15)27-2/h3-8,11-13H,9-10H2,1-2H3,(H,22,24)/b18-12+. The molecule has 0 radical (unpaired) electrons. The lowest BCUT2D eigenvalue weighted by molar-refractivity contribution is -0.122. The molecule has 0 bridgehead atoms. The summed E-state index contributed by atoms with van der Waals surface area (Å²) in [6, 6.07) is 14.5. The molecule has 6 nitrogen and oxygen atoms in total. The molecule has 1 aliphatic rings. The fourth-order valence-corrected chi connectivity index (χ4v) is 4.02. The molecular formula is C21H20N2O4S2. The van der Waals surface area contributed by atoms with Crippen LogP contribution in [0.3, 0.4) is 0 Å². The van der Waals surface area contributed by atoms with Crippen molar-refractivity contribution in [1.82, 2.24) is 4.90 Å². The van der Waals surface area contributed by atoms with Crippen LogP contribution in [0.1, 0.15) is 12.0 Å². The van der Waals surface area contributed by atoms with Crippen LogP contribution in [0.4, 0.5) is 5.69 Å². The quantitative estimate of drug-likeness (QED) is 0.532. The van der Waals surface area contributed by atoms with Gasteiger partial charge in [-0.15, -0.1) is 0 Å². The lowest BCUT2D eigenvalue weighted by atomic mass is 10.2. The van der Waals surface area contributed by atoms with E-state index in [-0.39, 0.29) is 24.8 Å². The Hall–Kier alpha value is -2.84. The Morgan fingerprint density at radius 1 is 1.14 bits per heavy atom. The monoisotopic (exact) mass is 428 g/mol. The van der Waals surface area contributed by atoms with Crippen LogP contribution in [0.15, 0.2) is 53.4 Å². The lowest BCUT2D eigenvalue weighted by Gasteiger charge is -2.14. The number of carbonyl (C=O) groups is 2. The molecule has 150 valence electrons. The lowest BCUT2D eigenvalue weighted by Crippen LogP contribution is -2.31. The number of methoxy groups -OCH3 is 2. The van der Waals surface area contributed by atoms with Gasteiger partial charge in [-0.1, -0.05) is 42.2 Å². The Balaban J connectivity index is 1.61. The molecule has 0 aliphatic carbocycles. The number of nitrogens with one attached hydrogen (secondary N) is 1. The number of hydrogen-bond acceptors (Lipinski definition) is 6. The number of amides is 2. The first-order valence-electron chi connectivity index (χ1n) is 8.83. The van der Waals surface area contributed by atoms with Gasteiger partial charge in [0.2, 0.25) is 5.91 Å². The topological polar surface area (TPSA) is 67.9 Å². The summed E-state index contributed by atoms with van der Waals surface area (Å²) in [5, 5.41) is 2.80. The van der Waals surface area contributed by atoms with Crippen molar-refractivity contribution in [1.29, 1.82) is 0 Å². The molecule has 0 aromatic heterocycles. The van der Waals surface area contributed by atoms with Gasteiger partial charge in [-0.25, -0.2) is 0 Å². The Kier molecular flexibility index (Phi) is 6.90. The van der Waals surface area contributed by atoms with Crippen LogP contribution < -0.4 is 14.8 Å². The second kappa shape index (κ2) is 9.58. The van der Waals surface area contributed by atoms with Gasteiger partial charge in [-0.05, 0) is 35.9 Å². The fraction of sp³-hybridized carbons (Fsp3) is 0.190. The van der Waals surface area contributed by atoms with Crippen molar-refractivity contribution < 1.29 is 19.1 Å². The number of ether oxygens (including phenoxy) is 2. The molecule has 0 atom stereocenters. The summed E-state index contributed by atoms with van der Waals surface area (Å²) in [5.41, 5.74) is 1.48. The molecule has 2 amide bonds. The van der Waals surface area contributed by atoms with Crippen molar-refractivity contribution in [2.24, 2.45) is 0 Å². The van der Waals surface area contributed by atoms with Gasteiger partial charge in [0.25, 0.3) is 5.91 Å². The molecule has 1 heterocycles. The van der Waals surface area contributed by atoms with E-state index >= 15 is 0 Å². The highest BCUT2D eigenvalue weighted by atomic mass is 32.2. The van der Waals surface area contributed by atoms with Crippen molar-refractivity contribution in [2.75, 3.05) is 26.1 Å². The Bertz CT molecular complexity index is 975. The first kappa shape index (κ1) is 20.9. The Morgan fingerprint density at radius 3 is 2.55 bits per heavy atom. The van der Waals surface area contributed by atoms with E-state index in [2.05, 4.69) is 5.32 Å². The van der Waals surface area contributed by atoms with Gasteiger partial charge in [0.1, 0.15) is 15.8 Å². The van der Waals surface area contributed by atoms with Gasteiger partial charge in [0.15, 0.2) is 0 Å². The van der Waals surface area contributed by atoms with Crippen LogP contribution in [-0.4, -0.2) is 41.8 Å². The van der Waals surface area contributed by atoms with Crippen LogP contribution in [0, 0.1) is 0 Å². The zero-order valence-electron chi connectivity index (χ0n) is 16.0. The molecule has 2 aromatic rings. The highest BCUT2D eigenvalue weighted by Gasteiger charge is 2.32. The number of thioether (sulfide) groups is 1. The predicted octanol–water partition coefficient (Wildman–Crippen LogP) is 3.93. The number of thiocarbonyl (C=S) groups is 1. The number of benzene rings is 2. The highest BCUT2D eigenvalue weighted by molar-refractivity contribution is 8.26. The molecule has 1 aliphatic heterocycles. The summed E-state index contributed by atoms with van der Waals surface area (Å²) in [5.74, 6) is 0.965. The Labute approximate surface area is 178 Å². The van der Waals surface area contributed by atoms with E-state index in [4.69, 9.17) is 21.7 Å². The summed E-state index contributed by atoms with van der Waals surface area (Å²) in [4.78, 5) is 26.9. The molecule has 0 spiro atoms. The van der Waals surface area contributed by atoms with E-state index in [0.717, 1.165) is 5.56 Å². The van der Waals surface area contributed by atoms with Crippen LogP contribution >= 0.6 is 24.0 Å². The summed E-state index contributed by atoms with van der Waals surface area (Å²) in [6.45, 7) is 0.218. The molecular weight excluding hydrogens is 408 g/mol. The fourth-order valence-electron chi connectivity index (χ4n) is 2.71.